The summed E-state index contributed by atoms with van der Waals surface area (Å²) < 4.78 is 12.7. The summed E-state index contributed by atoms with van der Waals surface area (Å²) in [7, 11) is 0. The number of hydrogen-bond donors (Lipinski definition) is 1. The standard InChI is InChI=1S/C11H13FO/c12-7-10(8-5-6-8)9-3-1-2-4-11(9)13/h1-4,8,10,13H,5-7H2. The summed E-state index contributed by atoms with van der Waals surface area (Å²) in [6.45, 7) is -0.359. The number of benzene rings is 1. The zero-order chi connectivity index (χ0) is 9.26. The Morgan fingerprint density at radius 3 is 2.62 bits per heavy atom. The Bertz CT molecular complexity index is 294. The van der Waals surface area contributed by atoms with Crippen LogP contribution < -0.4 is 0 Å². The molecule has 1 fully saturated rings. The van der Waals surface area contributed by atoms with Gasteiger partial charge in [-0.15, -0.1) is 0 Å². The van der Waals surface area contributed by atoms with Crippen LogP contribution in [0.2, 0.25) is 0 Å². The number of phenols is 1. The van der Waals surface area contributed by atoms with E-state index in [-0.39, 0.29) is 18.3 Å². The minimum absolute atomic E-state index is 0.0822. The average molecular weight is 180 g/mol. The van der Waals surface area contributed by atoms with Gasteiger partial charge in [0.05, 0.1) is 6.67 Å². The Labute approximate surface area is 77.2 Å². The lowest BCUT2D eigenvalue weighted by Gasteiger charge is -2.13. The SMILES string of the molecule is Oc1ccccc1C(CF)C1CC1. The van der Waals surface area contributed by atoms with E-state index in [0.717, 1.165) is 18.4 Å². The summed E-state index contributed by atoms with van der Waals surface area (Å²) in [4.78, 5) is 0. The third-order valence-electron chi connectivity index (χ3n) is 2.69. The van der Waals surface area contributed by atoms with Gasteiger partial charge in [-0.05, 0) is 30.4 Å². The fourth-order valence-corrected chi connectivity index (χ4v) is 1.76. The molecule has 0 bridgehead atoms. The lowest BCUT2D eigenvalue weighted by molar-refractivity contribution is 0.387. The fourth-order valence-electron chi connectivity index (χ4n) is 1.76. The number of para-hydroxylation sites is 1. The van der Waals surface area contributed by atoms with Gasteiger partial charge in [-0.1, -0.05) is 18.2 Å². The van der Waals surface area contributed by atoms with E-state index in [0.29, 0.717) is 5.92 Å². The van der Waals surface area contributed by atoms with Crippen molar-refractivity contribution in [3.8, 4) is 5.75 Å². The summed E-state index contributed by atoms with van der Waals surface area (Å²) in [5.41, 5.74) is 0.771. The van der Waals surface area contributed by atoms with Crippen LogP contribution in [0.15, 0.2) is 24.3 Å². The Balaban J connectivity index is 2.26. The van der Waals surface area contributed by atoms with Crippen LogP contribution >= 0.6 is 0 Å². The van der Waals surface area contributed by atoms with Crippen LogP contribution in [0, 0.1) is 5.92 Å². The first-order valence-electron chi connectivity index (χ1n) is 4.66. The van der Waals surface area contributed by atoms with E-state index >= 15 is 0 Å². The molecule has 2 heteroatoms. The number of hydrogen-bond acceptors (Lipinski definition) is 1. The van der Waals surface area contributed by atoms with Crippen molar-refractivity contribution in [1.82, 2.24) is 0 Å². The van der Waals surface area contributed by atoms with Gasteiger partial charge in [0.1, 0.15) is 5.75 Å². The lowest BCUT2D eigenvalue weighted by atomic mass is 9.95. The molecule has 0 amide bonds. The smallest absolute Gasteiger partial charge is 0.119 e. The van der Waals surface area contributed by atoms with E-state index in [2.05, 4.69) is 0 Å². The Kier molecular flexibility index (Phi) is 2.21. The molecule has 0 aromatic heterocycles. The van der Waals surface area contributed by atoms with Crippen molar-refractivity contribution in [3.05, 3.63) is 29.8 Å². The summed E-state index contributed by atoms with van der Waals surface area (Å²) in [5, 5.41) is 9.52. The Morgan fingerprint density at radius 2 is 2.08 bits per heavy atom. The molecule has 13 heavy (non-hydrogen) atoms. The van der Waals surface area contributed by atoms with Gasteiger partial charge in [0.15, 0.2) is 0 Å². The normalized spacial score (nSPS) is 18.5. The largest absolute Gasteiger partial charge is 0.508 e. The van der Waals surface area contributed by atoms with E-state index in [4.69, 9.17) is 0 Å². The second kappa shape index (κ2) is 3.36. The number of rotatable bonds is 3. The van der Waals surface area contributed by atoms with Crippen LogP contribution in [-0.2, 0) is 0 Å². The van der Waals surface area contributed by atoms with Crippen molar-refractivity contribution < 1.29 is 9.50 Å². The van der Waals surface area contributed by atoms with Gasteiger partial charge < -0.3 is 5.11 Å². The number of halogens is 1. The molecule has 2 rings (SSSR count). The first-order chi connectivity index (χ1) is 6.33. The summed E-state index contributed by atoms with van der Waals surface area (Å²) in [6, 6.07) is 7.05. The number of alkyl halides is 1. The molecule has 0 saturated heterocycles. The highest BCUT2D eigenvalue weighted by molar-refractivity contribution is 5.36. The first-order valence-corrected chi connectivity index (χ1v) is 4.66. The highest BCUT2D eigenvalue weighted by Crippen LogP contribution is 2.44. The molecule has 1 aliphatic rings. The van der Waals surface area contributed by atoms with Crippen LogP contribution in [0.4, 0.5) is 4.39 Å². The molecular formula is C11H13FO. The fraction of sp³-hybridized carbons (Fsp3) is 0.455. The van der Waals surface area contributed by atoms with Crippen molar-refractivity contribution >= 4 is 0 Å². The Hall–Kier alpha value is -1.05. The molecule has 70 valence electrons. The van der Waals surface area contributed by atoms with Crippen LogP contribution in [-0.4, -0.2) is 11.8 Å². The first kappa shape index (κ1) is 8.54. The zero-order valence-electron chi connectivity index (χ0n) is 7.41. The van der Waals surface area contributed by atoms with Crippen LogP contribution in [0.5, 0.6) is 5.75 Å². The van der Waals surface area contributed by atoms with Gasteiger partial charge >= 0.3 is 0 Å². The quantitative estimate of drug-likeness (QED) is 0.758. The second-order valence-corrected chi connectivity index (χ2v) is 3.66. The van der Waals surface area contributed by atoms with Crippen molar-refractivity contribution in [2.75, 3.05) is 6.67 Å². The third-order valence-corrected chi connectivity index (χ3v) is 2.69. The molecule has 1 saturated carbocycles. The predicted molar refractivity (Wildman–Crippen MR) is 49.5 cm³/mol. The van der Waals surface area contributed by atoms with E-state index in [1.165, 1.54) is 0 Å². The maximum Gasteiger partial charge on any atom is 0.119 e. The van der Waals surface area contributed by atoms with Crippen molar-refractivity contribution in [3.63, 3.8) is 0 Å². The molecule has 0 radical (unpaired) electrons. The molecule has 1 atom stereocenters. The molecule has 0 aliphatic heterocycles. The average Bonchev–Trinajstić information content (AvgIpc) is 2.93. The van der Waals surface area contributed by atoms with E-state index in [9.17, 15) is 9.50 Å². The van der Waals surface area contributed by atoms with Gasteiger partial charge in [-0.3, -0.25) is 4.39 Å². The van der Waals surface area contributed by atoms with Gasteiger partial charge in [0, 0.05) is 5.92 Å². The molecule has 1 nitrogen and oxygen atoms in total. The van der Waals surface area contributed by atoms with Crippen LogP contribution in [0.1, 0.15) is 24.3 Å². The van der Waals surface area contributed by atoms with E-state index < -0.39 is 0 Å². The van der Waals surface area contributed by atoms with Gasteiger partial charge in [-0.25, -0.2) is 0 Å². The Morgan fingerprint density at radius 1 is 1.38 bits per heavy atom. The highest BCUT2D eigenvalue weighted by Gasteiger charge is 2.33. The molecule has 0 heterocycles. The minimum atomic E-state index is -0.359. The molecular weight excluding hydrogens is 167 g/mol. The summed E-state index contributed by atoms with van der Waals surface area (Å²) >= 11 is 0. The predicted octanol–water partition coefficient (Wildman–Crippen LogP) is 2.86. The maximum atomic E-state index is 12.7. The van der Waals surface area contributed by atoms with E-state index in [1.54, 1.807) is 12.1 Å². The highest BCUT2D eigenvalue weighted by atomic mass is 19.1. The van der Waals surface area contributed by atoms with Crippen molar-refractivity contribution in [2.45, 2.75) is 18.8 Å². The van der Waals surface area contributed by atoms with Crippen LogP contribution in [0.3, 0.4) is 0 Å². The van der Waals surface area contributed by atoms with Crippen LogP contribution in [0.25, 0.3) is 0 Å². The summed E-state index contributed by atoms with van der Waals surface area (Å²) in [5.74, 6) is 0.608. The monoisotopic (exact) mass is 180 g/mol. The van der Waals surface area contributed by atoms with Gasteiger partial charge in [0.25, 0.3) is 0 Å². The second-order valence-electron chi connectivity index (χ2n) is 3.66. The lowest BCUT2D eigenvalue weighted by Crippen LogP contribution is -2.03. The molecule has 1 aromatic carbocycles. The summed E-state index contributed by atoms with van der Waals surface area (Å²) in [6.07, 6.45) is 2.20. The van der Waals surface area contributed by atoms with Crippen molar-refractivity contribution in [1.29, 1.82) is 0 Å². The maximum absolute atomic E-state index is 12.7. The zero-order valence-corrected chi connectivity index (χ0v) is 7.41. The van der Waals surface area contributed by atoms with Gasteiger partial charge in [-0.2, -0.15) is 0 Å². The molecule has 1 unspecified atom stereocenters. The van der Waals surface area contributed by atoms with Gasteiger partial charge in [0.2, 0.25) is 0 Å². The molecule has 0 spiro atoms. The van der Waals surface area contributed by atoms with E-state index in [1.807, 2.05) is 12.1 Å². The third kappa shape index (κ3) is 1.67. The molecule has 1 aromatic rings. The molecule has 1 aliphatic carbocycles. The number of phenolic OH excluding ortho intramolecular Hbond substituents is 1. The topological polar surface area (TPSA) is 20.2 Å². The minimum Gasteiger partial charge on any atom is -0.508 e. The molecule has 1 N–H and O–H groups in total. The number of aromatic hydroxyl groups is 1. The van der Waals surface area contributed by atoms with Crippen molar-refractivity contribution in [2.24, 2.45) is 5.92 Å².